The van der Waals surface area contributed by atoms with Crippen molar-refractivity contribution in [3.63, 3.8) is 0 Å². The molecular weight excluding hydrogens is 251 g/mol. The summed E-state index contributed by atoms with van der Waals surface area (Å²) in [7, 11) is 0. The first-order valence-corrected chi connectivity index (χ1v) is 5.58. The predicted octanol–water partition coefficient (Wildman–Crippen LogP) is 3.32. The van der Waals surface area contributed by atoms with E-state index in [-0.39, 0.29) is 0 Å². The molecule has 1 unspecified atom stereocenters. The van der Waals surface area contributed by atoms with Gasteiger partial charge < -0.3 is 9.47 Å². The van der Waals surface area contributed by atoms with Crippen molar-refractivity contribution >= 4 is 29.2 Å². The summed E-state index contributed by atoms with van der Waals surface area (Å²) >= 11 is 11.6. The van der Waals surface area contributed by atoms with E-state index in [2.05, 4.69) is 0 Å². The van der Waals surface area contributed by atoms with Crippen molar-refractivity contribution < 1.29 is 14.3 Å². The Kier molecular flexibility index (Phi) is 4.90. The highest BCUT2D eigenvalue weighted by Crippen LogP contribution is 2.24. The van der Waals surface area contributed by atoms with E-state index >= 15 is 0 Å². The highest BCUT2D eigenvalue weighted by atomic mass is 35.5. The Labute approximate surface area is 104 Å². The van der Waals surface area contributed by atoms with Gasteiger partial charge in [-0.1, -0.05) is 23.2 Å². The molecule has 1 aromatic rings. The summed E-state index contributed by atoms with van der Waals surface area (Å²) in [5.74, 6) is 0.0247. The molecule has 0 aliphatic carbocycles. The monoisotopic (exact) mass is 262 g/mol. The summed E-state index contributed by atoms with van der Waals surface area (Å²) in [6.45, 7) is 3.66. The van der Waals surface area contributed by atoms with Crippen LogP contribution in [0.3, 0.4) is 0 Å². The topological polar surface area (TPSA) is 35.5 Å². The van der Waals surface area contributed by atoms with Crippen LogP contribution in [-0.4, -0.2) is 18.7 Å². The molecular formula is C11H12Cl2O3. The van der Waals surface area contributed by atoms with E-state index in [1.54, 1.807) is 32.0 Å². The van der Waals surface area contributed by atoms with Crippen molar-refractivity contribution in [1.29, 1.82) is 0 Å². The second-order valence-electron chi connectivity index (χ2n) is 3.12. The molecule has 3 nitrogen and oxygen atoms in total. The molecule has 88 valence electrons. The average molecular weight is 263 g/mol. The van der Waals surface area contributed by atoms with Crippen molar-refractivity contribution in [2.24, 2.45) is 0 Å². The molecule has 0 amide bonds. The third kappa shape index (κ3) is 3.91. The molecule has 0 aromatic heterocycles. The maximum absolute atomic E-state index is 11.3. The first kappa shape index (κ1) is 13.1. The minimum absolute atomic E-state index is 0.322. The number of carbonyl (C=O) groups is 1. The lowest BCUT2D eigenvalue weighted by atomic mass is 10.3. The molecule has 0 saturated heterocycles. The average Bonchev–Trinajstić information content (AvgIpc) is 2.16. The van der Waals surface area contributed by atoms with Crippen molar-refractivity contribution in [2.45, 2.75) is 20.0 Å². The number of ether oxygens (including phenoxy) is 2. The lowest BCUT2D eigenvalue weighted by Gasteiger charge is -2.13. The van der Waals surface area contributed by atoms with Gasteiger partial charge in [-0.2, -0.15) is 0 Å². The second kappa shape index (κ2) is 5.97. The molecule has 1 rings (SSSR count). The molecule has 5 heteroatoms. The van der Waals surface area contributed by atoms with Crippen LogP contribution in [0, 0.1) is 0 Å². The summed E-state index contributed by atoms with van der Waals surface area (Å²) in [5.41, 5.74) is 0. The van der Waals surface area contributed by atoms with Crippen molar-refractivity contribution in [1.82, 2.24) is 0 Å². The number of carbonyl (C=O) groups excluding carboxylic acids is 1. The van der Waals surface area contributed by atoms with Crippen LogP contribution in [0.15, 0.2) is 18.2 Å². The van der Waals surface area contributed by atoms with E-state index in [0.717, 1.165) is 0 Å². The first-order chi connectivity index (χ1) is 7.52. The molecule has 16 heavy (non-hydrogen) atoms. The molecule has 1 aromatic carbocycles. The number of hydrogen-bond donors (Lipinski definition) is 0. The summed E-state index contributed by atoms with van der Waals surface area (Å²) in [6, 6.07) is 4.76. The summed E-state index contributed by atoms with van der Waals surface area (Å²) < 4.78 is 10.2. The van der Waals surface area contributed by atoms with Gasteiger partial charge in [-0.3, -0.25) is 0 Å². The number of hydrogen-bond acceptors (Lipinski definition) is 3. The van der Waals surface area contributed by atoms with Gasteiger partial charge in [-0.15, -0.1) is 0 Å². The number of esters is 1. The van der Waals surface area contributed by atoms with Crippen LogP contribution in [0.4, 0.5) is 0 Å². The Morgan fingerprint density at radius 3 is 2.38 bits per heavy atom. The predicted molar refractivity (Wildman–Crippen MR) is 63.2 cm³/mol. The van der Waals surface area contributed by atoms with E-state index in [1.807, 2.05) is 0 Å². The van der Waals surface area contributed by atoms with Gasteiger partial charge in [0.25, 0.3) is 0 Å². The highest BCUT2D eigenvalue weighted by molar-refractivity contribution is 6.34. The quantitative estimate of drug-likeness (QED) is 0.781. The maximum Gasteiger partial charge on any atom is 0.347 e. The molecule has 0 saturated carbocycles. The van der Waals surface area contributed by atoms with Crippen LogP contribution in [-0.2, 0) is 9.53 Å². The van der Waals surface area contributed by atoms with E-state index in [1.165, 1.54) is 0 Å². The van der Waals surface area contributed by atoms with Gasteiger partial charge in [0, 0.05) is 10.0 Å². The Bertz CT molecular complexity index is 359. The normalized spacial score (nSPS) is 12.0. The van der Waals surface area contributed by atoms with Crippen LogP contribution < -0.4 is 4.74 Å². The standard InChI is InChI=1S/C11H12Cl2O3/c1-3-15-11(14)7(2)16-10-5-8(12)4-9(13)6-10/h4-7H,3H2,1-2H3. The smallest absolute Gasteiger partial charge is 0.347 e. The van der Waals surface area contributed by atoms with Crippen LogP contribution in [0.2, 0.25) is 10.0 Å². The minimum Gasteiger partial charge on any atom is -0.479 e. The molecule has 0 spiro atoms. The number of benzene rings is 1. The fourth-order valence-corrected chi connectivity index (χ4v) is 1.61. The van der Waals surface area contributed by atoms with Gasteiger partial charge >= 0.3 is 5.97 Å². The Morgan fingerprint density at radius 1 is 1.31 bits per heavy atom. The van der Waals surface area contributed by atoms with Crippen molar-refractivity contribution in [3.8, 4) is 5.75 Å². The Hall–Kier alpha value is -0.930. The maximum atomic E-state index is 11.3. The van der Waals surface area contributed by atoms with Crippen LogP contribution in [0.1, 0.15) is 13.8 Å². The lowest BCUT2D eigenvalue weighted by Crippen LogP contribution is -2.26. The van der Waals surface area contributed by atoms with Crippen LogP contribution in [0.25, 0.3) is 0 Å². The molecule has 0 radical (unpaired) electrons. The first-order valence-electron chi connectivity index (χ1n) is 4.82. The van der Waals surface area contributed by atoms with Crippen LogP contribution >= 0.6 is 23.2 Å². The minimum atomic E-state index is -0.686. The van der Waals surface area contributed by atoms with Gasteiger partial charge in [0.15, 0.2) is 6.10 Å². The largest absolute Gasteiger partial charge is 0.479 e. The van der Waals surface area contributed by atoms with Gasteiger partial charge in [-0.05, 0) is 32.0 Å². The van der Waals surface area contributed by atoms with Gasteiger partial charge in [-0.25, -0.2) is 4.79 Å². The van der Waals surface area contributed by atoms with Crippen molar-refractivity contribution in [2.75, 3.05) is 6.61 Å². The highest BCUT2D eigenvalue weighted by Gasteiger charge is 2.15. The second-order valence-corrected chi connectivity index (χ2v) is 3.99. The number of halogens is 2. The fourth-order valence-electron chi connectivity index (χ4n) is 1.11. The van der Waals surface area contributed by atoms with E-state index in [0.29, 0.717) is 22.4 Å². The zero-order chi connectivity index (χ0) is 12.1. The summed E-state index contributed by atoms with van der Waals surface area (Å²) in [4.78, 5) is 11.3. The van der Waals surface area contributed by atoms with Crippen LogP contribution in [0.5, 0.6) is 5.75 Å². The molecule has 1 atom stereocenters. The third-order valence-electron chi connectivity index (χ3n) is 1.77. The molecule has 0 N–H and O–H groups in total. The van der Waals surface area contributed by atoms with E-state index < -0.39 is 12.1 Å². The molecule has 0 heterocycles. The van der Waals surface area contributed by atoms with E-state index in [4.69, 9.17) is 32.7 Å². The van der Waals surface area contributed by atoms with Gasteiger partial charge in [0.05, 0.1) is 6.61 Å². The Morgan fingerprint density at radius 2 is 1.88 bits per heavy atom. The molecule has 0 bridgehead atoms. The van der Waals surface area contributed by atoms with Gasteiger partial charge in [0.1, 0.15) is 5.75 Å². The fraction of sp³-hybridized carbons (Fsp3) is 0.364. The molecule has 0 fully saturated rings. The molecule has 0 aliphatic rings. The zero-order valence-corrected chi connectivity index (χ0v) is 10.5. The Balaban J connectivity index is 2.69. The summed E-state index contributed by atoms with van der Waals surface area (Å²) in [6.07, 6.45) is -0.686. The van der Waals surface area contributed by atoms with Crippen molar-refractivity contribution in [3.05, 3.63) is 28.2 Å². The zero-order valence-electron chi connectivity index (χ0n) is 9.00. The third-order valence-corrected chi connectivity index (χ3v) is 2.20. The number of rotatable bonds is 4. The summed E-state index contributed by atoms with van der Waals surface area (Å²) in [5, 5.41) is 0.914. The lowest BCUT2D eigenvalue weighted by molar-refractivity contribution is -0.150. The van der Waals surface area contributed by atoms with E-state index in [9.17, 15) is 4.79 Å². The molecule has 0 aliphatic heterocycles. The SMILES string of the molecule is CCOC(=O)C(C)Oc1cc(Cl)cc(Cl)c1. The van der Waals surface area contributed by atoms with Gasteiger partial charge in [0.2, 0.25) is 0 Å².